The van der Waals surface area contributed by atoms with Crippen molar-refractivity contribution in [1.82, 2.24) is 4.72 Å². The maximum atomic E-state index is 13.2. The molecule has 1 saturated carbocycles. The molecule has 0 saturated heterocycles. The van der Waals surface area contributed by atoms with Crippen LogP contribution in [0.5, 0.6) is 0 Å². The van der Waals surface area contributed by atoms with Crippen molar-refractivity contribution in [1.29, 1.82) is 0 Å². The predicted molar refractivity (Wildman–Crippen MR) is 77.5 cm³/mol. The number of anilines is 1. The molecule has 0 unspecified atom stereocenters. The van der Waals surface area contributed by atoms with Gasteiger partial charge < -0.3 is 5.73 Å². The van der Waals surface area contributed by atoms with Gasteiger partial charge in [-0.3, -0.25) is 0 Å². The summed E-state index contributed by atoms with van der Waals surface area (Å²) in [5.74, 6) is -0.325. The molecule has 0 heterocycles. The number of nitrogens with one attached hydrogen (secondary N) is 1. The first-order chi connectivity index (χ1) is 9.18. The van der Waals surface area contributed by atoms with Crippen molar-refractivity contribution in [2.45, 2.75) is 31.6 Å². The van der Waals surface area contributed by atoms with Crippen LogP contribution in [0.1, 0.15) is 26.7 Å². The van der Waals surface area contributed by atoms with Gasteiger partial charge in [-0.25, -0.2) is 17.5 Å². The van der Waals surface area contributed by atoms with Crippen molar-refractivity contribution in [3.8, 4) is 0 Å². The first-order valence-electron chi connectivity index (χ1n) is 6.42. The van der Waals surface area contributed by atoms with E-state index >= 15 is 0 Å². The maximum absolute atomic E-state index is 13.2. The Balaban J connectivity index is 2.21. The van der Waals surface area contributed by atoms with Crippen molar-refractivity contribution in [2.24, 2.45) is 11.3 Å². The summed E-state index contributed by atoms with van der Waals surface area (Å²) in [5, 5.41) is -0.168. The molecule has 4 nitrogen and oxygen atoms in total. The summed E-state index contributed by atoms with van der Waals surface area (Å²) in [6, 6.07) is 1.97. The largest absolute Gasteiger partial charge is 0.396 e. The fourth-order valence-electron chi connectivity index (χ4n) is 2.19. The lowest BCUT2D eigenvalue weighted by atomic mass is 9.93. The zero-order valence-electron chi connectivity index (χ0n) is 11.4. The van der Waals surface area contributed by atoms with Gasteiger partial charge in [0.1, 0.15) is 10.7 Å². The van der Waals surface area contributed by atoms with E-state index in [0.29, 0.717) is 12.5 Å². The van der Waals surface area contributed by atoms with Crippen LogP contribution in [0.4, 0.5) is 10.1 Å². The number of halogens is 2. The number of nitrogens with two attached hydrogens (primary N) is 1. The SMILES string of the molecule is CC(C)C1(CNS(=O)(=O)c2cc(N)c(F)cc2Cl)CC1. The van der Waals surface area contributed by atoms with Gasteiger partial charge in [-0.05, 0) is 36.3 Å². The second-order valence-corrected chi connectivity index (χ2v) is 7.79. The highest BCUT2D eigenvalue weighted by Gasteiger charge is 2.45. The van der Waals surface area contributed by atoms with E-state index in [4.69, 9.17) is 17.3 Å². The minimum absolute atomic E-state index is 0.0329. The summed E-state index contributed by atoms with van der Waals surface area (Å²) in [6.45, 7) is 4.51. The van der Waals surface area contributed by atoms with Gasteiger partial charge in [0, 0.05) is 6.54 Å². The zero-order valence-corrected chi connectivity index (χ0v) is 13.0. The number of hydrogen-bond donors (Lipinski definition) is 2. The molecule has 2 rings (SSSR count). The molecule has 1 aromatic carbocycles. The van der Waals surface area contributed by atoms with Crippen LogP contribution in [-0.4, -0.2) is 15.0 Å². The Morgan fingerprint density at radius 2 is 2.05 bits per heavy atom. The molecule has 1 aliphatic carbocycles. The Labute approximate surface area is 123 Å². The molecule has 0 spiro atoms. The summed E-state index contributed by atoms with van der Waals surface area (Å²) in [4.78, 5) is -0.183. The highest BCUT2D eigenvalue weighted by atomic mass is 35.5. The van der Waals surface area contributed by atoms with Crippen molar-refractivity contribution < 1.29 is 12.8 Å². The molecule has 112 valence electrons. The van der Waals surface area contributed by atoms with E-state index in [2.05, 4.69) is 18.6 Å². The fourth-order valence-corrected chi connectivity index (χ4v) is 3.87. The Morgan fingerprint density at radius 1 is 1.45 bits per heavy atom. The smallest absolute Gasteiger partial charge is 0.242 e. The van der Waals surface area contributed by atoms with Gasteiger partial charge >= 0.3 is 0 Å². The molecule has 3 N–H and O–H groups in total. The second kappa shape index (κ2) is 5.16. The number of hydrogen-bond acceptors (Lipinski definition) is 3. The second-order valence-electron chi connectivity index (χ2n) is 5.65. The van der Waals surface area contributed by atoms with Crippen molar-refractivity contribution in [3.63, 3.8) is 0 Å². The summed E-state index contributed by atoms with van der Waals surface area (Å²) < 4.78 is 40.3. The summed E-state index contributed by atoms with van der Waals surface area (Å²) >= 11 is 5.80. The number of nitrogen functional groups attached to an aromatic ring is 1. The Morgan fingerprint density at radius 3 is 2.55 bits per heavy atom. The molecule has 0 atom stereocenters. The van der Waals surface area contributed by atoms with Crippen LogP contribution in [0.2, 0.25) is 5.02 Å². The minimum atomic E-state index is -3.79. The van der Waals surface area contributed by atoms with Gasteiger partial charge in [0.2, 0.25) is 10.0 Å². The molecular formula is C13H18ClFN2O2S. The molecule has 1 fully saturated rings. The summed E-state index contributed by atoms with van der Waals surface area (Å²) in [7, 11) is -3.79. The van der Waals surface area contributed by atoms with E-state index in [-0.39, 0.29) is 21.0 Å². The first kappa shape index (κ1) is 15.5. The van der Waals surface area contributed by atoms with Crippen LogP contribution in [-0.2, 0) is 10.0 Å². The molecule has 0 bridgehead atoms. The van der Waals surface area contributed by atoms with Gasteiger partial charge in [0.05, 0.1) is 10.7 Å². The fraction of sp³-hybridized carbons (Fsp3) is 0.538. The van der Waals surface area contributed by atoms with Crippen LogP contribution in [0, 0.1) is 17.2 Å². The lowest BCUT2D eigenvalue weighted by Crippen LogP contribution is -2.32. The van der Waals surface area contributed by atoms with E-state index in [1.807, 2.05) is 0 Å². The first-order valence-corrected chi connectivity index (χ1v) is 8.28. The third-order valence-corrected chi connectivity index (χ3v) is 5.94. The molecule has 1 aliphatic rings. The Kier molecular flexibility index (Phi) is 4.01. The van der Waals surface area contributed by atoms with E-state index in [1.54, 1.807) is 0 Å². The average molecular weight is 321 g/mol. The van der Waals surface area contributed by atoms with Crippen molar-refractivity contribution >= 4 is 27.3 Å². The average Bonchev–Trinajstić information content (AvgIpc) is 3.12. The van der Waals surface area contributed by atoms with E-state index in [0.717, 1.165) is 25.0 Å². The summed E-state index contributed by atoms with van der Waals surface area (Å²) in [6.07, 6.45) is 2.01. The molecule has 20 heavy (non-hydrogen) atoms. The third-order valence-electron chi connectivity index (χ3n) is 4.07. The molecular weight excluding hydrogens is 303 g/mol. The topological polar surface area (TPSA) is 72.2 Å². The van der Waals surface area contributed by atoms with Crippen molar-refractivity contribution in [3.05, 3.63) is 23.0 Å². The number of sulfonamides is 1. The normalized spacial score (nSPS) is 17.4. The molecule has 1 aromatic rings. The summed E-state index contributed by atoms with van der Waals surface area (Å²) in [5.41, 5.74) is 5.20. The van der Waals surface area contributed by atoms with E-state index in [9.17, 15) is 12.8 Å². The van der Waals surface area contributed by atoms with Crippen LogP contribution in [0.15, 0.2) is 17.0 Å². The number of rotatable bonds is 5. The van der Waals surface area contributed by atoms with Gasteiger partial charge in [-0.1, -0.05) is 25.4 Å². The molecule has 0 radical (unpaired) electrons. The molecule has 0 amide bonds. The molecule has 7 heteroatoms. The number of benzene rings is 1. The van der Waals surface area contributed by atoms with Crippen LogP contribution < -0.4 is 10.5 Å². The van der Waals surface area contributed by atoms with Crippen LogP contribution in [0.25, 0.3) is 0 Å². The zero-order chi connectivity index (χ0) is 15.1. The quantitative estimate of drug-likeness (QED) is 0.819. The lowest BCUT2D eigenvalue weighted by molar-refractivity contribution is 0.357. The molecule has 0 aliphatic heterocycles. The van der Waals surface area contributed by atoms with Gasteiger partial charge in [-0.2, -0.15) is 0 Å². The van der Waals surface area contributed by atoms with E-state index < -0.39 is 15.8 Å². The minimum Gasteiger partial charge on any atom is -0.396 e. The Bertz CT molecular complexity index is 628. The maximum Gasteiger partial charge on any atom is 0.242 e. The highest BCUT2D eigenvalue weighted by molar-refractivity contribution is 7.89. The van der Waals surface area contributed by atoms with Gasteiger partial charge in [-0.15, -0.1) is 0 Å². The highest BCUT2D eigenvalue weighted by Crippen LogP contribution is 2.51. The van der Waals surface area contributed by atoms with Crippen molar-refractivity contribution in [2.75, 3.05) is 12.3 Å². The van der Waals surface area contributed by atoms with Crippen LogP contribution in [0.3, 0.4) is 0 Å². The lowest BCUT2D eigenvalue weighted by Gasteiger charge is -2.20. The standard InChI is InChI=1S/C13H18ClFN2O2S/c1-8(2)13(3-4-13)7-17-20(18,19)12-6-11(16)10(15)5-9(12)14/h5-6,8,17H,3-4,7,16H2,1-2H3. The third kappa shape index (κ3) is 2.92. The van der Waals surface area contributed by atoms with Gasteiger partial charge in [0.15, 0.2) is 0 Å². The van der Waals surface area contributed by atoms with Gasteiger partial charge in [0.25, 0.3) is 0 Å². The monoisotopic (exact) mass is 320 g/mol. The van der Waals surface area contributed by atoms with E-state index in [1.165, 1.54) is 0 Å². The van der Waals surface area contributed by atoms with Crippen LogP contribution >= 0.6 is 11.6 Å². The predicted octanol–water partition coefficient (Wildman–Crippen LogP) is 2.78. The molecule has 0 aromatic heterocycles. The Hall–Kier alpha value is -0.850.